The Morgan fingerprint density at radius 2 is 1.69 bits per heavy atom. The molecule has 1 aliphatic heterocycles. The Labute approximate surface area is 82.4 Å². The Morgan fingerprint density at radius 3 is 2.15 bits per heavy atom. The van der Waals surface area contributed by atoms with Gasteiger partial charge in [0.25, 0.3) is 0 Å². The van der Waals surface area contributed by atoms with Gasteiger partial charge >= 0.3 is 0 Å². The molecule has 0 unspecified atom stereocenters. The first kappa shape index (κ1) is 13.1. The third kappa shape index (κ3) is 2.53. The van der Waals surface area contributed by atoms with Gasteiger partial charge in [0, 0.05) is 0 Å². The molecular formula is C6H15NO5S. The maximum Gasteiger partial charge on any atom is 0.173 e. The second-order valence-electron chi connectivity index (χ2n) is 2.81. The van der Waals surface area contributed by atoms with E-state index >= 15 is 0 Å². The molecule has 5 atom stereocenters. The van der Waals surface area contributed by atoms with Gasteiger partial charge in [0.1, 0.15) is 18.3 Å². The summed E-state index contributed by atoms with van der Waals surface area (Å²) < 4.78 is 4.70. The molecule has 13 heavy (non-hydrogen) atoms. The third-order valence-corrected chi connectivity index (χ3v) is 1.95. The van der Waals surface area contributed by atoms with E-state index in [0.29, 0.717) is 0 Å². The van der Waals surface area contributed by atoms with Crippen molar-refractivity contribution in [2.24, 2.45) is 5.73 Å². The molecule has 0 spiro atoms. The Hall–Kier alpha value is 0.110. The highest BCUT2D eigenvalue weighted by atomic mass is 32.1. The van der Waals surface area contributed by atoms with Crippen molar-refractivity contribution in [2.75, 3.05) is 6.61 Å². The van der Waals surface area contributed by atoms with E-state index in [1.165, 1.54) is 0 Å². The Morgan fingerprint density at radius 1 is 1.15 bits per heavy atom. The monoisotopic (exact) mass is 213 g/mol. The molecule has 0 radical (unpaired) electrons. The lowest BCUT2D eigenvalue weighted by molar-refractivity contribution is -0.248. The van der Waals surface area contributed by atoms with E-state index in [9.17, 15) is 10.2 Å². The molecule has 80 valence electrons. The first-order valence-corrected chi connectivity index (χ1v) is 3.64. The normalized spacial score (nSPS) is 45.5. The van der Waals surface area contributed by atoms with Crippen molar-refractivity contribution in [3.05, 3.63) is 0 Å². The highest BCUT2D eigenvalue weighted by Gasteiger charge is 2.41. The average Bonchev–Trinajstić information content (AvgIpc) is 2.08. The second kappa shape index (κ2) is 5.11. The SMILES string of the molecule is N[C@@H]1[C@@H](O)[C@H](O)[C@@H](CO)O[C@H]1O.S. The van der Waals surface area contributed by atoms with Crippen LogP contribution in [0.4, 0.5) is 0 Å². The number of rotatable bonds is 1. The van der Waals surface area contributed by atoms with Gasteiger partial charge in [-0.15, -0.1) is 0 Å². The standard InChI is InChI=1S/C6H13NO5.H2S/c7-3-5(10)4(9)2(1-8)12-6(3)11;/h2-6,8-11H,1,7H2;1H2/t2-,3-,4-,5-,6-;/m1./s1. The summed E-state index contributed by atoms with van der Waals surface area (Å²) in [5.74, 6) is 0. The first-order chi connectivity index (χ1) is 5.57. The molecule has 0 aliphatic carbocycles. The maximum absolute atomic E-state index is 9.20. The summed E-state index contributed by atoms with van der Waals surface area (Å²) in [5.41, 5.74) is 5.26. The van der Waals surface area contributed by atoms with Crippen LogP contribution in [0.3, 0.4) is 0 Å². The van der Waals surface area contributed by atoms with Crippen molar-refractivity contribution in [1.82, 2.24) is 0 Å². The molecule has 0 bridgehead atoms. The van der Waals surface area contributed by atoms with E-state index in [-0.39, 0.29) is 13.5 Å². The molecule has 7 heteroatoms. The third-order valence-electron chi connectivity index (χ3n) is 1.95. The predicted molar refractivity (Wildman–Crippen MR) is 48.3 cm³/mol. The minimum atomic E-state index is -1.35. The summed E-state index contributed by atoms with van der Waals surface area (Å²) in [5, 5.41) is 36.1. The van der Waals surface area contributed by atoms with Gasteiger partial charge < -0.3 is 30.9 Å². The summed E-state index contributed by atoms with van der Waals surface area (Å²) in [6, 6.07) is -1.04. The summed E-state index contributed by atoms with van der Waals surface area (Å²) in [4.78, 5) is 0. The fraction of sp³-hybridized carbons (Fsp3) is 1.00. The Balaban J connectivity index is 0.00000144. The van der Waals surface area contributed by atoms with E-state index in [1.807, 2.05) is 0 Å². The molecule has 1 aliphatic rings. The van der Waals surface area contributed by atoms with Crippen LogP contribution in [0.5, 0.6) is 0 Å². The minimum absolute atomic E-state index is 0. The molecule has 1 rings (SSSR count). The number of ether oxygens (including phenoxy) is 1. The van der Waals surface area contributed by atoms with Gasteiger partial charge in [-0.3, -0.25) is 0 Å². The summed E-state index contributed by atoms with van der Waals surface area (Å²) in [6.45, 7) is -0.470. The zero-order chi connectivity index (χ0) is 9.30. The largest absolute Gasteiger partial charge is 0.394 e. The number of aliphatic hydroxyl groups is 4. The van der Waals surface area contributed by atoms with Crippen LogP contribution in [0.2, 0.25) is 0 Å². The molecule has 0 amide bonds. The molecule has 6 N–H and O–H groups in total. The molecular weight excluding hydrogens is 198 g/mol. The molecule has 0 aromatic heterocycles. The van der Waals surface area contributed by atoms with Crippen molar-refractivity contribution in [3.8, 4) is 0 Å². The van der Waals surface area contributed by atoms with Gasteiger partial charge in [-0.1, -0.05) is 0 Å². The first-order valence-electron chi connectivity index (χ1n) is 3.64. The quantitative estimate of drug-likeness (QED) is 0.314. The highest BCUT2D eigenvalue weighted by Crippen LogP contribution is 2.17. The molecule has 1 saturated heterocycles. The van der Waals surface area contributed by atoms with Gasteiger partial charge in [-0.25, -0.2) is 0 Å². The maximum atomic E-state index is 9.20. The van der Waals surface area contributed by atoms with E-state index in [1.54, 1.807) is 0 Å². The van der Waals surface area contributed by atoms with Gasteiger partial charge in [0.2, 0.25) is 0 Å². The van der Waals surface area contributed by atoms with E-state index in [4.69, 9.17) is 20.7 Å². The topological polar surface area (TPSA) is 116 Å². The van der Waals surface area contributed by atoms with Gasteiger partial charge in [0.15, 0.2) is 6.29 Å². The molecule has 0 aromatic rings. The van der Waals surface area contributed by atoms with Crippen molar-refractivity contribution in [2.45, 2.75) is 30.6 Å². The molecule has 0 aromatic carbocycles. The fourth-order valence-corrected chi connectivity index (χ4v) is 1.12. The lowest BCUT2D eigenvalue weighted by atomic mass is 9.98. The van der Waals surface area contributed by atoms with Gasteiger partial charge in [0.05, 0.1) is 12.6 Å². The summed E-state index contributed by atoms with van der Waals surface area (Å²) in [6.07, 6.45) is -4.85. The average molecular weight is 213 g/mol. The molecule has 1 heterocycles. The Kier molecular flexibility index (Phi) is 5.15. The summed E-state index contributed by atoms with van der Waals surface area (Å²) in [7, 11) is 0. The molecule has 1 fully saturated rings. The van der Waals surface area contributed by atoms with Crippen LogP contribution < -0.4 is 5.73 Å². The number of nitrogens with two attached hydrogens (primary N) is 1. The van der Waals surface area contributed by atoms with Crippen LogP contribution in [0.25, 0.3) is 0 Å². The van der Waals surface area contributed by atoms with E-state index in [2.05, 4.69) is 0 Å². The lowest BCUT2D eigenvalue weighted by Crippen LogP contribution is -2.61. The Bertz CT molecular complexity index is 155. The summed E-state index contributed by atoms with van der Waals surface area (Å²) >= 11 is 0. The smallest absolute Gasteiger partial charge is 0.173 e. The van der Waals surface area contributed by atoms with Crippen LogP contribution in [-0.4, -0.2) is 57.7 Å². The van der Waals surface area contributed by atoms with Crippen molar-refractivity contribution in [1.29, 1.82) is 0 Å². The lowest BCUT2D eigenvalue weighted by Gasteiger charge is -2.38. The van der Waals surface area contributed by atoms with Crippen LogP contribution in [0, 0.1) is 0 Å². The number of hydrogen-bond donors (Lipinski definition) is 5. The number of hydrogen-bond acceptors (Lipinski definition) is 6. The van der Waals surface area contributed by atoms with Gasteiger partial charge in [-0.05, 0) is 0 Å². The predicted octanol–water partition coefficient (Wildman–Crippen LogP) is -3.14. The van der Waals surface area contributed by atoms with E-state index in [0.717, 1.165) is 0 Å². The van der Waals surface area contributed by atoms with Crippen LogP contribution >= 0.6 is 13.5 Å². The zero-order valence-electron chi connectivity index (χ0n) is 6.87. The zero-order valence-corrected chi connectivity index (χ0v) is 7.87. The highest BCUT2D eigenvalue weighted by molar-refractivity contribution is 7.59. The number of aliphatic hydroxyl groups excluding tert-OH is 4. The molecule has 6 nitrogen and oxygen atoms in total. The van der Waals surface area contributed by atoms with E-state index < -0.39 is 37.3 Å². The van der Waals surface area contributed by atoms with Crippen molar-refractivity contribution < 1.29 is 25.2 Å². The van der Waals surface area contributed by atoms with Crippen LogP contribution in [-0.2, 0) is 4.74 Å². The van der Waals surface area contributed by atoms with Crippen molar-refractivity contribution in [3.63, 3.8) is 0 Å². The molecule has 0 saturated carbocycles. The minimum Gasteiger partial charge on any atom is -0.394 e. The van der Waals surface area contributed by atoms with Crippen LogP contribution in [0.15, 0.2) is 0 Å². The second-order valence-corrected chi connectivity index (χ2v) is 2.81. The van der Waals surface area contributed by atoms with Crippen molar-refractivity contribution >= 4 is 13.5 Å². The van der Waals surface area contributed by atoms with Gasteiger partial charge in [-0.2, -0.15) is 13.5 Å². The van der Waals surface area contributed by atoms with Crippen LogP contribution in [0.1, 0.15) is 0 Å². The fourth-order valence-electron chi connectivity index (χ4n) is 1.12.